The van der Waals surface area contributed by atoms with Gasteiger partial charge in [-0.25, -0.2) is 4.79 Å². The second-order valence-corrected chi connectivity index (χ2v) is 2.65. The molecule has 1 amide bonds. The third kappa shape index (κ3) is 2.76. The number of nitrogens with zero attached hydrogens (tertiary/aromatic N) is 1. The predicted molar refractivity (Wildman–Crippen MR) is 49.1 cm³/mol. The fraction of sp³-hybridized carbons (Fsp3) is 0.222. The van der Waals surface area contributed by atoms with E-state index in [4.69, 9.17) is 10.8 Å². The standard InChI is InChI=1S/C9H12N2O2/c10-7-11(9(12)13)6-8-4-2-1-3-5-8/h1-5H,6-7,10H2,(H,12,13). The summed E-state index contributed by atoms with van der Waals surface area (Å²) in [7, 11) is 0. The molecule has 13 heavy (non-hydrogen) atoms. The molecule has 0 aliphatic rings. The molecule has 3 N–H and O–H groups in total. The Morgan fingerprint density at radius 3 is 2.46 bits per heavy atom. The Hall–Kier alpha value is -1.55. The number of carbonyl (C=O) groups is 1. The van der Waals surface area contributed by atoms with Gasteiger partial charge in [0.15, 0.2) is 0 Å². The fourth-order valence-electron chi connectivity index (χ4n) is 1.01. The topological polar surface area (TPSA) is 66.6 Å². The van der Waals surface area contributed by atoms with Crippen LogP contribution < -0.4 is 5.73 Å². The molecule has 0 radical (unpaired) electrons. The average Bonchev–Trinajstić information content (AvgIpc) is 2.15. The second kappa shape index (κ2) is 4.47. The smallest absolute Gasteiger partial charge is 0.408 e. The molecule has 1 aromatic rings. The van der Waals surface area contributed by atoms with E-state index in [1.165, 1.54) is 0 Å². The summed E-state index contributed by atoms with van der Waals surface area (Å²) < 4.78 is 0. The highest BCUT2D eigenvalue weighted by Crippen LogP contribution is 2.02. The van der Waals surface area contributed by atoms with Crippen LogP contribution in [0.3, 0.4) is 0 Å². The lowest BCUT2D eigenvalue weighted by molar-refractivity contribution is 0.143. The first kappa shape index (κ1) is 9.54. The van der Waals surface area contributed by atoms with Gasteiger partial charge in [-0.1, -0.05) is 30.3 Å². The summed E-state index contributed by atoms with van der Waals surface area (Å²) in [6.45, 7) is 0.358. The Morgan fingerprint density at radius 2 is 2.00 bits per heavy atom. The maximum Gasteiger partial charge on any atom is 0.408 e. The van der Waals surface area contributed by atoms with Gasteiger partial charge in [0, 0.05) is 0 Å². The van der Waals surface area contributed by atoms with E-state index in [0.29, 0.717) is 6.54 Å². The molecular weight excluding hydrogens is 168 g/mol. The van der Waals surface area contributed by atoms with Crippen molar-refractivity contribution in [2.24, 2.45) is 5.73 Å². The fourth-order valence-corrected chi connectivity index (χ4v) is 1.01. The van der Waals surface area contributed by atoms with Gasteiger partial charge in [-0.15, -0.1) is 0 Å². The molecule has 0 fully saturated rings. The van der Waals surface area contributed by atoms with Crippen molar-refractivity contribution < 1.29 is 9.90 Å². The lowest BCUT2D eigenvalue weighted by Crippen LogP contribution is -2.34. The molecular formula is C9H12N2O2. The zero-order chi connectivity index (χ0) is 9.68. The summed E-state index contributed by atoms with van der Waals surface area (Å²) in [5.41, 5.74) is 6.21. The molecule has 0 aliphatic heterocycles. The van der Waals surface area contributed by atoms with Crippen molar-refractivity contribution in [3.8, 4) is 0 Å². The first-order valence-corrected chi connectivity index (χ1v) is 3.96. The van der Waals surface area contributed by atoms with E-state index in [-0.39, 0.29) is 6.67 Å². The van der Waals surface area contributed by atoms with Crippen LogP contribution in [0.15, 0.2) is 30.3 Å². The summed E-state index contributed by atoms with van der Waals surface area (Å²) in [4.78, 5) is 11.7. The SMILES string of the molecule is NCN(Cc1ccccc1)C(=O)O. The van der Waals surface area contributed by atoms with Crippen LogP contribution in [-0.2, 0) is 6.54 Å². The Bertz CT molecular complexity index is 274. The van der Waals surface area contributed by atoms with E-state index in [1.54, 1.807) is 0 Å². The third-order valence-corrected chi connectivity index (χ3v) is 1.71. The van der Waals surface area contributed by atoms with Crippen molar-refractivity contribution in [3.63, 3.8) is 0 Å². The van der Waals surface area contributed by atoms with Crippen molar-refractivity contribution >= 4 is 6.09 Å². The molecule has 0 bridgehead atoms. The number of amides is 1. The summed E-state index contributed by atoms with van der Waals surface area (Å²) >= 11 is 0. The normalized spacial score (nSPS) is 9.62. The van der Waals surface area contributed by atoms with E-state index >= 15 is 0 Å². The lowest BCUT2D eigenvalue weighted by Gasteiger charge is -2.16. The molecule has 0 aromatic heterocycles. The van der Waals surface area contributed by atoms with E-state index in [2.05, 4.69) is 0 Å². The van der Waals surface area contributed by atoms with Crippen LogP contribution in [0.4, 0.5) is 4.79 Å². The van der Waals surface area contributed by atoms with Crippen LogP contribution in [0.2, 0.25) is 0 Å². The average molecular weight is 180 g/mol. The van der Waals surface area contributed by atoms with Gasteiger partial charge in [0.1, 0.15) is 0 Å². The van der Waals surface area contributed by atoms with Crippen molar-refractivity contribution in [3.05, 3.63) is 35.9 Å². The van der Waals surface area contributed by atoms with Crippen LogP contribution in [0.1, 0.15) is 5.56 Å². The van der Waals surface area contributed by atoms with Gasteiger partial charge in [0.25, 0.3) is 0 Å². The molecule has 1 aromatic carbocycles. The Morgan fingerprint density at radius 1 is 1.38 bits per heavy atom. The van der Waals surface area contributed by atoms with Crippen molar-refractivity contribution in [2.45, 2.75) is 6.54 Å². The van der Waals surface area contributed by atoms with Crippen molar-refractivity contribution in [1.29, 1.82) is 0 Å². The number of benzene rings is 1. The molecule has 0 saturated carbocycles. The van der Waals surface area contributed by atoms with Gasteiger partial charge in [-0.05, 0) is 5.56 Å². The lowest BCUT2D eigenvalue weighted by atomic mass is 10.2. The predicted octanol–water partition coefficient (Wildman–Crippen LogP) is 1.08. The summed E-state index contributed by atoms with van der Waals surface area (Å²) in [5, 5.41) is 8.68. The monoisotopic (exact) mass is 180 g/mol. The van der Waals surface area contributed by atoms with Crippen LogP contribution in [0.5, 0.6) is 0 Å². The molecule has 0 unspecified atom stereocenters. The number of carboxylic acid groups (broad SMARTS) is 1. The number of hydrogen-bond donors (Lipinski definition) is 2. The van der Waals surface area contributed by atoms with E-state index in [1.807, 2.05) is 30.3 Å². The molecule has 0 heterocycles. The van der Waals surface area contributed by atoms with Crippen LogP contribution >= 0.6 is 0 Å². The van der Waals surface area contributed by atoms with Gasteiger partial charge in [-0.2, -0.15) is 0 Å². The zero-order valence-electron chi connectivity index (χ0n) is 7.18. The van der Waals surface area contributed by atoms with Gasteiger partial charge in [0.2, 0.25) is 0 Å². The second-order valence-electron chi connectivity index (χ2n) is 2.65. The highest BCUT2D eigenvalue weighted by molar-refractivity contribution is 5.64. The van der Waals surface area contributed by atoms with Gasteiger partial charge in [0.05, 0.1) is 13.2 Å². The first-order chi connectivity index (χ1) is 6.24. The minimum Gasteiger partial charge on any atom is -0.465 e. The molecule has 4 nitrogen and oxygen atoms in total. The molecule has 1 rings (SSSR count). The van der Waals surface area contributed by atoms with Gasteiger partial charge < -0.3 is 10.8 Å². The van der Waals surface area contributed by atoms with E-state index < -0.39 is 6.09 Å². The number of rotatable bonds is 3. The Balaban J connectivity index is 2.62. The molecule has 0 spiro atoms. The van der Waals surface area contributed by atoms with Crippen LogP contribution in [0, 0.1) is 0 Å². The number of nitrogens with two attached hydrogens (primary N) is 1. The maximum atomic E-state index is 10.6. The van der Waals surface area contributed by atoms with E-state index in [9.17, 15) is 4.79 Å². The highest BCUT2D eigenvalue weighted by atomic mass is 16.4. The van der Waals surface area contributed by atoms with Crippen LogP contribution in [0.25, 0.3) is 0 Å². The molecule has 0 aliphatic carbocycles. The first-order valence-electron chi connectivity index (χ1n) is 3.96. The van der Waals surface area contributed by atoms with Gasteiger partial charge >= 0.3 is 6.09 Å². The van der Waals surface area contributed by atoms with Crippen LogP contribution in [-0.4, -0.2) is 22.8 Å². The van der Waals surface area contributed by atoms with E-state index in [0.717, 1.165) is 10.5 Å². The Kier molecular flexibility index (Phi) is 3.28. The minimum absolute atomic E-state index is 0.0181. The molecule has 0 atom stereocenters. The quantitative estimate of drug-likeness (QED) is 0.684. The Labute approximate surface area is 76.6 Å². The largest absolute Gasteiger partial charge is 0.465 e. The molecule has 4 heteroatoms. The summed E-state index contributed by atoms with van der Waals surface area (Å²) in [5.74, 6) is 0. The maximum absolute atomic E-state index is 10.6. The number of hydrogen-bond acceptors (Lipinski definition) is 2. The zero-order valence-corrected chi connectivity index (χ0v) is 7.18. The van der Waals surface area contributed by atoms with Crippen molar-refractivity contribution in [1.82, 2.24) is 4.90 Å². The molecule has 70 valence electrons. The van der Waals surface area contributed by atoms with Crippen molar-refractivity contribution in [2.75, 3.05) is 6.67 Å². The summed E-state index contributed by atoms with van der Waals surface area (Å²) in [6, 6.07) is 9.35. The highest BCUT2D eigenvalue weighted by Gasteiger charge is 2.08. The summed E-state index contributed by atoms with van der Waals surface area (Å²) in [6.07, 6.45) is -0.994. The molecule has 0 saturated heterocycles. The minimum atomic E-state index is -0.994. The van der Waals surface area contributed by atoms with Gasteiger partial charge in [-0.3, -0.25) is 4.90 Å². The third-order valence-electron chi connectivity index (χ3n) is 1.71.